The molecule has 1 N–H and O–H groups in total. The van der Waals surface area contributed by atoms with Gasteiger partial charge in [-0.1, -0.05) is 36.4 Å². The monoisotopic (exact) mass is 440 g/mol. The van der Waals surface area contributed by atoms with Gasteiger partial charge in [-0.3, -0.25) is 14.5 Å². The smallest absolute Gasteiger partial charge is 0.263 e. The first-order chi connectivity index (χ1) is 15.8. The molecule has 0 saturated carbocycles. The Labute approximate surface area is 194 Å². The van der Waals surface area contributed by atoms with Crippen LogP contribution in [0, 0.1) is 6.92 Å². The second kappa shape index (κ2) is 9.28. The van der Waals surface area contributed by atoms with Gasteiger partial charge in [0.1, 0.15) is 11.4 Å². The van der Waals surface area contributed by atoms with E-state index >= 15 is 0 Å². The molecule has 168 valence electrons. The maximum absolute atomic E-state index is 12.8. The summed E-state index contributed by atoms with van der Waals surface area (Å²) < 4.78 is 7.76. The summed E-state index contributed by atoms with van der Waals surface area (Å²) in [6, 6.07) is 19.7. The van der Waals surface area contributed by atoms with E-state index in [0.29, 0.717) is 12.3 Å². The molecule has 6 nitrogen and oxygen atoms in total. The molecule has 0 spiro atoms. The Kier molecular flexibility index (Phi) is 6.27. The predicted molar refractivity (Wildman–Crippen MR) is 130 cm³/mol. The summed E-state index contributed by atoms with van der Waals surface area (Å²) in [5.74, 6) is 0.512. The van der Waals surface area contributed by atoms with Gasteiger partial charge in [0, 0.05) is 43.3 Å². The van der Waals surface area contributed by atoms with E-state index in [1.165, 1.54) is 0 Å². The van der Waals surface area contributed by atoms with Crippen molar-refractivity contribution in [2.75, 3.05) is 0 Å². The van der Waals surface area contributed by atoms with Crippen LogP contribution in [0.3, 0.4) is 0 Å². The Morgan fingerprint density at radius 3 is 2.45 bits per heavy atom. The van der Waals surface area contributed by atoms with Crippen LogP contribution < -0.4 is 10.1 Å². The minimum atomic E-state index is -0.985. The van der Waals surface area contributed by atoms with Gasteiger partial charge in [-0.05, 0) is 61.7 Å². The van der Waals surface area contributed by atoms with Crippen LogP contribution in [0.25, 0.3) is 22.4 Å². The van der Waals surface area contributed by atoms with E-state index in [4.69, 9.17) is 4.74 Å². The van der Waals surface area contributed by atoms with E-state index in [0.717, 1.165) is 33.5 Å². The van der Waals surface area contributed by atoms with Crippen molar-refractivity contribution in [1.29, 1.82) is 0 Å². The molecule has 0 fully saturated rings. The van der Waals surface area contributed by atoms with Crippen LogP contribution in [0.4, 0.5) is 0 Å². The number of aromatic nitrogens is 3. The first kappa shape index (κ1) is 22.3. The van der Waals surface area contributed by atoms with Crippen molar-refractivity contribution in [2.45, 2.75) is 32.9 Å². The first-order valence-corrected chi connectivity index (χ1v) is 10.9. The van der Waals surface area contributed by atoms with E-state index in [1.54, 1.807) is 26.2 Å². The van der Waals surface area contributed by atoms with Crippen molar-refractivity contribution in [1.82, 2.24) is 20.1 Å². The van der Waals surface area contributed by atoms with Gasteiger partial charge in [0.2, 0.25) is 0 Å². The van der Waals surface area contributed by atoms with Crippen molar-refractivity contribution in [3.8, 4) is 28.1 Å². The lowest BCUT2D eigenvalue weighted by molar-refractivity contribution is -0.134. The summed E-state index contributed by atoms with van der Waals surface area (Å²) in [6.45, 7) is 5.96. The molecule has 0 saturated heterocycles. The zero-order chi connectivity index (χ0) is 23.4. The first-order valence-electron chi connectivity index (χ1n) is 10.9. The van der Waals surface area contributed by atoms with Crippen LogP contribution in [0.1, 0.15) is 25.0 Å². The molecule has 0 aliphatic carbocycles. The fourth-order valence-electron chi connectivity index (χ4n) is 3.64. The number of ether oxygens (including phenoxy) is 1. The van der Waals surface area contributed by atoms with Crippen LogP contribution in [0.15, 0.2) is 79.3 Å². The fourth-order valence-corrected chi connectivity index (χ4v) is 3.64. The number of benzene rings is 2. The van der Waals surface area contributed by atoms with Gasteiger partial charge in [0.15, 0.2) is 5.60 Å². The number of carbonyl (C=O) groups excluding carboxylic acids is 1. The van der Waals surface area contributed by atoms with Crippen molar-refractivity contribution in [3.63, 3.8) is 0 Å². The van der Waals surface area contributed by atoms with Crippen molar-refractivity contribution >= 4 is 5.91 Å². The zero-order valence-electron chi connectivity index (χ0n) is 19.4. The minimum absolute atomic E-state index is 0.169. The number of nitrogens with one attached hydrogen (secondary N) is 1. The minimum Gasteiger partial charge on any atom is -0.478 e. The Balaban J connectivity index is 1.43. The van der Waals surface area contributed by atoms with E-state index in [2.05, 4.69) is 15.4 Å². The molecule has 33 heavy (non-hydrogen) atoms. The third-order valence-electron chi connectivity index (χ3n) is 5.41. The predicted octanol–water partition coefficient (Wildman–Crippen LogP) is 4.93. The summed E-state index contributed by atoms with van der Waals surface area (Å²) in [4.78, 5) is 16.9. The van der Waals surface area contributed by atoms with Crippen LogP contribution in [-0.2, 0) is 18.4 Å². The van der Waals surface area contributed by atoms with Gasteiger partial charge in [-0.15, -0.1) is 0 Å². The molecule has 2 aromatic heterocycles. The summed E-state index contributed by atoms with van der Waals surface area (Å²) in [7, 11) is 1.92. The van der Waals surface area contributed by atoms with Crippen LogP contribution in [0.5, 0.6) is 5.75 Å². The number of aryl methyl sites for hydroxylation is 2. The molecule has 0 aliphatic heterocycles. The molecular formula is C27H28N4O2. The highest BCUT2D eigenvalue weighted by atomic mass is 16.5. The number of pyridine rings is 1. The number of carbonyl (C=O) groups is 1. The number of nitrogens with zero attached hydrogens (tertiary/aromatic N) is 3. The summed E-state index contributed by atoms with van der Waals surface area (Å²) in [6.07, 6.45) is 5.57. The Hall–Kier alpha value is -3.93. The third kappa shape index (κ3) is 5.29. The van der Waals surface area contributed by atoms with Gasteiger partial charge in [0.05, 0.1) is 0 Å². The van der Waals surface area contributed by atoms with Crippen LogP contribution >= 0.6 is 0 Å². The summed E-state index contributed by atoms with van der Waals surface area (Å²) in [5.41, 5.74) is 5.15. The number of rotatable bonds is 7. The van der Waals surface area contributed by atoms with Crippen molar-refractivity contribution in [3.05, 3.63) is 90.4 Å². The molecule has 0 aliphatic rings. The van der Waals surface area contributed by atoms with Crippen molar-refractivity contribution in [2.24, 2.45) is 7.05 Å². The zero-order valence-corrected chi connectivity index (χ0v) is 19.4. The molecule has 2 heterocycles. The summed E-state index contributed by atoms with van der Waals surface area (Å²) >= 11 is 0. The Morgan fingerprint density at radius 2 is 1.76 bits per heavy atom. The largest absolute Gasteiger partial charge is 0.478 e. The van der Waals surface area contributed by atoms with Gasteiger partial charge < -0.3 is 10.1 Å². The highest BCUT2D eigenvalue weighted by Gasteiger charge is 2.29. The lowest BCUT2D eigenvalue weighted by Crippen LogP contribution is -2.46. The number of amides is 1. The van der Waals surface area contributed by atoms with E-state index in [1.807, 2.05) is 85.5 Å². The highest BCUT2D eigenvalue weighted by Crippen LogP contribution is 2.30. The number of hydrogen-bond acceptors (Lipinski definition) is 4. The van der Waals surface area contributed by atoms with Crippen molar-refractivity contribution < 1.29 is 9.53 Å². The normalized spacial score (nSPS) is 11.3. The molecule has 4 aromatic rings. The third-order valence-corrected chi connectivity index (χ3v) is 5.41. The fraction of sp³-hybridized carbons (Fsp3) is 0.222. The molecule has 0 atom stereocenters. The van der Waals surface area contributed by atoms with E-state index < -0.39 is 5.60 Å². The molecule has 6 heteroatoms. The topological polar surface area (TPSA) is 69.0 Å². The lowest BCUT2D eigenvalue weighted by Gasteiger charge is -2.25. The van der Waals surface area contributed by atoms with Gasteiger partial charge in [0.25, 0.3) is 5.91 Å². The highest BCUT2D eigenvalue weighted by molar-refractivity contribution is 5.84. The second-order valence-electron chi connectivity index (χ2n) is 8.61. The SMILES string of the molecule is Cc1cccc(OC(C)(C)C(=O)NCc2ccc(-c3nn(C)cc3-c3ccncc3)cc2)c1. The molecule has 0 bridgehead atoms. The standard InChI is InChI=1S/C27H28N4O2/c1-19-6-5-7-23(16-19)33-27(2,3)26(32)29-17-20-8-10-22(11-9-20)25-24(18-31(4)30-25)21-12-14-28-15-13-21/h5-16,18H,17H2,1-4H3,(H,29,32). The van der Waals surface area contributed by atoms with Gasteiger partial charge in [-0.2, -0.15) is 5.10 Å². The van der Waals surface area contributed by atoms with Gasteiger partial charge >= 0.3 is 0 Å². The average Bonchev–Trinajstić information content (AvgIpc) is 3.20. The molecule has 2 aromatic carbocycles. The molecule has 0 unspecified atom stereocenters. The summed E-state index contributed by atoms with van der Waals surface area (Å²) in [5, 5.41) is 7.63. The quantitative estimate of drug-likeness (QED) is 0.442. The van der Waals surface area contributed by atoms with E-state index in [9.17, 15) is 4.79 Å². The Morgan fingerprint density at radius 1 is 1.03 bits per heavy atom. The molecule has 4 rings (SSSR count). The molecular weight excluding hydrogens is 412 g/mol. The Bertz CT molecular complexity index is 1240. The maximum Gasteiger partial charge on any atom is 0.263 e. The lowest BCUT2D eigenvalue weighted by atomic mass is 10.0. The van der Waals surface area contributed by atoms with E-state index in [-0.39, 0.29) is 5.91 Å². The number of hydrogen-bond donors (Lipinski definition) is 1. The molecule has 1 amide bonds. The average molecular weight is 441 g/mol. The van der Waals surface area contributed by atoms with Crippen LogP contribution in [0.2, 0.25) is 0 Å². The maximum atomic E-state index is 12.8. The van der Waals surface area contributed by atoms with Crippen LogP contribution in [-0.4, -0.2) is 26.3 Å². The second-order valence-corrected chi connectivity index (χ2v) is 8.61. The molecule has 0 radical (unpaired) electrons. The van der Waals surface area contributed by atoms with Gasteiger partial charge in [-0.25, -0.2) is 0 Å².